The summed E-state index contributed by atoms with van der Waals surface area (Å²) in [7, 11) is -3.77. The summed E-state index contributed by atoms with van der Waals surface area (Å²) in [5.41, 5.74) is -1.59. The van der Waals surface area contributed by atoms with Crippen LogP contribution in [0.5, 0.6) is 0 Å². The van der Waals surface area contributed by atoms with E-state index in [0.717, 1.165) is 23.9 Å². The van der Waals surface area contributed by atoms with Crippen molar-refractivity contribution in [1.29, 1.82) is 0 Å². The van der Waals surface area contributed by atoms with Crippen LogP contribution in [-0.2, 0) is 23.1 Å². The molecule has 1 saturated heterocycles. The van der Waals surface area contributed by atoms with E-state index in [1.54, 1.807) is 0 Å². The Labute approximate surface area is 145 Å². The Morgan fingerprint density at radius 2 is 2.20 bits per heavy atom. The van der Waals surface area contributed by atoms with Crippen LogP contribution in [0.3, 0.4) is 0 Å². The summed E-state index contributed by atoms with van der Waals surface area (Å²) < 4.78 is 48.0. The lowest BCUT2D eigenvalue weighted by Gasteiger charge is -2.31. The van der Waals surface area contributed by atoms with Crippen molar-refractivity contribution in [3.05, 3.63) is 33.1 Å². The lowest BCUT2D eigenvalue weighted by Crippen LogP contribution is -2.40. The van der Waals surface area contributed by atoms with Crippen molar-refractivity contribution in [1.82, 2.24) is 9.55 Å². The van der Waals surface area contributed by atoms with Crippen molar-refractivity contribution < 1.29 is 35.8 Å². The van der Waals surface area contributed by atoms with Crippen LogP contribution in [0, 0.1) is 0 Å². The molecule has 1 fully saturated rings. The smallest absolute Gasteiger partial charge is 0.330 e. The Bertz CT molecular complexity index is 821. The van der Waals surface area contributed by atoms with Crippen LogP contribution in [0.1, 0.15) is 22.8 Å². The fourth-order valence-corrected chi connectivity index (χ4v) is 3.49. The number of aromatic amines is 1. The van der Waals surface area contributed by atoms with Gasteiger partial charge in [-0.3, -0.25) is 18.9 Å². The van der Waals surface area contributed by atoms with E-state index in [4.69, 9.17) is 16.7 Å². The molecule has 142 valence electrons. The molecule has 25 heavy (non-hydrogen) atoms. The van der Waals surface area contributed by atoms with Gasteiger partial charge in [-0.1, -0.05) is 0 Å². The topological polar surface area (TPSA) is 152 Å². The van der Waals surface area contributed by atoms with Gasteiger partial charge in [0.25, 0.3) is 13.4 Å². The molecular weight excluding hydrogens is 359 g/mol. The minimum atomic E-state index is -4.93. The largest absolute Gasteiger partial charge is 0.756 e. The van der Waals surface area contributed by atoms with Crippen molar-refractivity contribution in [3.8, 4) is 0 Å². The van der Waals surface area contributed by atoms with Crippen LogP contribution in [0.15, 0.2) is 21.9 Å². The van der Waals surface area contributed by atoms with Gasteiger partial charge in [0.2, 0.25) is 0 Å². The summed E-state index contributed by atoms with van der Waals surface area (Å²) in [6, 6.07) is 1.01. The van der Waals surface area contributed by atoms with Crippen LogP contribution in [0.4, 0.5) is 0 Å². The molecule has 2 heterocycles. The van der Waals surface area contributed by atoms with E-state index in [0.29, 0.717) is 0 Å². The minimum Gasteiger partial charge on any atom is -0.756 e. The SMILES string of the molecule is [2H]C([2H])(O)[C@H]1O[C@@H](n2ccc(=O)[nH]c2=O)C(OC)[C@H]1OP(=O)([O-])OC(C)C. The highest BCUT2D eigenvalue weighted by atomic mass is 31.2. The van der Waals surface area contributed by atoms with Crippen LogP contribution in [0.25, 0.3) is 0 Å². The highest BCUT2D eigenvalue weighted by molar-refractivity contribution is 7.45. The third-order valence-electron chi connectivity index (χ3n) is 3.30. The molecule has 0 aromatic carbocycles. The standard InChI is InChI=1S/C13H21N2O9P/c1-7(2)23-25(19,20)24-10-8(6-16)22-12(11(10)21-3)15-5-4-9(17)14-13(15)18/h4-5,7-8,10-12,16H,6H2,1-3H3,(H,19,20)(H,14,17,18)/p-1/t8-,10+,11?,12-/m1/s1/i6D2. The summed E-state index contributed by atoms with van der Waals surface area (Å²) in [5.74, 6) is 0. The predicted octanol–water partition coefficient (Wildman–Crippen LogP) is -1.28. The molecule has 0 bridgehead atoms. The van der Waals surface area contributed by atoms with Gasteiger partial charge in [0.15, 0.2) is 6.23 Å². The molecule has 0 radical (unpaired) electrons. The summed E-state index contributed by atoms with van der Waals surface area (Å²) in [6.45, 7) is -0.156. The van der Waals surface area contributed by atoms with Crippen molar-refractivity contribution in [3.63, 3.8) is 0 Å². The predicted molar refractivity (Wildman–Crippen MR) is 81.8 cm³/mol. The van der Waals surface area contributed by atoms with Gasteiger partial charge in [0.1, 0.15) is 18.3 Å². The fourth-order valence-electron chi connectivity index (χ4n) is 2.39. The summed E-state index contributed by atoms with van der Waals surface area (Å²) >= 11 is 0. The van der Waals surface area contributed by atoms with Gasteiger partial charge >= 0.3 is 5.69 Å². The lowest BCUT2D eigenvalue weighted by atomic mass is 10.1. The maximum atomic E-state index is 12.0. The summed E-state index contributed by atoms with van der Waals surface area (Å²) in [4.78, 5) is 37.3. The van der Waals surface area contributed by atoms with E-state index in [9.17, 15) is 24.2 Å². The summed E-state index contributed by atoms with van der Waals surface area (Å²) in [5, 5.41) is 9.75. The van der Waals surface area contributed by atoms with Gasteiger partial charge in [0, 0.05) is 19.4 Å². The van der Waals surface area contributed by atoms with E-state index >= 15 is 0 Å². The Kier molecular flexibility index (Phi) is 5.42. The third kappa shape index (κ3) is 4.64. The van der Waals surface area contributed by atoms with Crippen LogP contribution in [-0.4, -0.2) is 52.7 Å². The molecule has 1 aromatic heterocycles. The second-order valence-corrected chi connectivity index (χ2v) is 6.78. The van der Waals surface area contributed by atoms with E-state index in [2.05, 4.69) is 4.52 Å². The molecular formula is C13H20N2O9P-. The van der Waals surface area contributed by atoms with Gasteiger partial charge in [-0.25, -0.2) is 4.79 Å². The van der Waals surface area contributed by atoms with E-state index in [1.807, 2.05) is 4.98 Å². The van der Waals surface area contributed by atoms with Crippen LogP contribution >= 0.6 is 7.82 Å². The molecule has 12 heteroatoms. The second kappa shape index (κ2) is 7.92. The highest BCUT2D eigenvalue weighted by Crippen LogP contribution is 2.46. The fraction of sp³-hybridized carbons (Fsp3) is 0.692. The minimum absolute atomic E-state index is 0.681. The quantitative estimate of drug-likeness (QED) is 0.550. The number of nitrogens with one attached hydrogen (secondary N) is 1. The first-order chi connectivity index (χ1) is 12.4. The third-order valence-corrected chi connectivity index (χ3v) is 4.49. The molecule has 0 aliphatic carbocycles. The number of rotatable bonds is 7. The van der Waals surface area contributed by atoms with Gasteiger partial charge in [-0.15, -0.1) is 0 Å². The Hall–Kier alpha value is -1.33. The number of ether oxygens (including phenoxy) is 2. The molecule has 1 aromatic rings. The molecule has 2 rings (SSSR count). The molecule has 1 aliphatic rings. The van der Waals surface area contributed by atoms with E-state index in [-0.39, 0.29) is 0 Å². The number of aliphatic hydroxyl groups is 1. The lowest BCUT2D eigenvalue weighted by molar-refractivity contribution is -0.236. The Morgan fingerprint density at radius 1 is 1.52 bits per heavy atom. The van der Waals surface area contributed by atoms with Crippen molar-refractivity contribution in [2.24, 2.45) is 0 Å². The zero-order valence-corrected chi connectivity index (χ0v) is 14.5. The average molecular weight is 381 g/mol. The first-order valence-electron chi connectivity index (χ1n) is 8.25. The van der Waals surface area contributed by atoms with E-state index < -0.39 is 56.3 Å². The van der Waals surface area contributed by atoms with Crippen molar-refractivity contribution >= 4 is 7.82 Å². The monoisotopic (exact) mass is 381 g/mol. The van der Waals surface area contributed by atoms with Crippen molar-refractivity contribution in [2.45, 2.75) is 44.5 Å². The maximum Gasteiger partial charge on any atom is 0.330 e. The Balaban J connectivity index is 2.44. The molecule has 2 unspecified atom stereocenters. The number of nitrogens with zero attached hydrogens (tertiary/aromatic N) is 1. The number of hydrogen-bond donors (Lipinski definition) is 2. The zero-order valence-electron chi connectivity index (χ0n) is 15.6. The van der Waals surface area contributed by atoms with Gasteiger partial charge in [-0.2, -0.15) is 0 Å². The molecule has 2 N–H and O–H groups in total. The highest BCUT2D eigenvalue weighted by Gasteiger charge is 2.48. The number of aromatic nitrogens is 2. The average Bonchev–Trinajstić information content (AvgIpc) is 2.83. The number of hydrogen-bond acceptors (Lipinski definition) is 9. The Morgan fingerprint density at radius 3 is 2.72 bits per heavy atom. The zero-order chi connectivity index (χ0) is 20.6. The van der Waals surface area contributed by atoms with E-state index in [1.165, 1.54) is 13.8 Å². The van der Waals surface area contributed by atoms with Crippen LogP contribution < -0.4 is 16.1 Å². The number of H-pyrrole nitrogens is 1. The molecule has 0 amide bonds. The molecule has 0 spiro atoms. The number of phosphoric ester groups is 1. The normalized spacial score (nSPS) is 30.8. The van der Waals surface area contributed by atoms with Crippen molar-refractivity contribution in [2.75, 3.05) is 13.7 Å². The summed E-state index contributed by atoms with van der Waals surface area (Å²) in [6.07, 6.45) is -5.94. The van der Waals surface area contributed by atoms with Gasteiger partial charge < -0.3 is 28.5 Å². The number of phosphoric acid groups is 1. The molecule has 0 saturated carbocycles. The molecule has 1 aliphatic heterocycles. The molecule has 5 atom stereocenters. The van der Waals surface area contributed by atoms with Gasteiger partial charge in [0.05, 0.1) is 15.4 Å². The maximum absolute atomic E-state index is 12.0. The first kappa shape index (κ1) is 17.1. The second-order valence-electron chi connectivity index (χ2n) is 5.47. The number of methoxy groups -OCH3 is 1. The van der Waals surface area contributed by atoms with Gasteiger partial charge in [-0.05, 0) is 13.8 Å². The first-order valence-corrected chi connectivity index (χ1v) is 8.71. The van der Waals surface area contributed by atoms with Crippen LogP contribution in [0.2, 0.25) is 0 Å². The molecule has 11 nitrogen and oxygen atoms in total.